The first-order valence-corrected chi connectivity index (χ1v) is 8.80. The first-order chi connectivity index (χ1) is 13.9. The van der Waals surface area contributed by atoms with Gasteiger partial charge in [0.25, 0.3) is 0 Å². The van der Waals surface area contributed by atoms with Gasteiger partial charge in [0.2, 0.25) is 5.82 Å². The third kappa shape index (κ3) is 3.43. The molecule has 0 aliphatic carbocycles. The molecule has 4 aromatic heterocycles. The molecular weight excluding hydrogens is 390 g/mol. The predicted molar refractivity (Wildman–Crippen MR) is 94.3 cm³/mol. The van der Waals surface area contributed by atoms with Crippen LogP contribution in [0.25, 0.3) is 17.2 Å². The van der Waals surface area contributed by atoms with E-state index in [4.69, 9.17) is 0 Å². The Morgan fingerprint density at radius 3 is 2.62 bits per heavy atom. The highest BCUT2D eigenvalue weighted by molar-refractivity contribution is 5.52. The van der Waals surface area contributed by atoms with E-state index in [9.17, 15) is 17.6 Å². The number of imidazole rings is 1. The molecule has 0 saturated heterocycles. The van der Waals surface area contributed by atoms with Crippen molar-refractivity contribution in [1.29, 1.82) is 0 Å². The van der Waals surface area contributed by atoms with Gasteiger partial charge < -0.3 is 4.57 Å². The number of halogens is 4. The molecule has 7 nitrogen and oxygen atoms in total. The molecule has 0 aromatic carbocycles. The Hall–Kier alpha value is -3.37. The molecule has 0 fully saturated rings. The SMILES string of the molecule is CCCc1c(Cn2ccnc2-c2ncccc2F)ncn2c(C(F)(F)F)nnc12. The Bertz CT molecular complexity index is 1160. The molecule has 0 N–H and O–H groups in total. The van der Waals surface area contributed by atoms with Crippen molar-refractivity contribution < 1.29 is 17.6 Å². The second kappa shape index (κ2) is 7.22. The van der Waals surface area contributed by atoms with E-state index >= 15 is 0 Å². The Kier molecular flexibility index (Phi) is 4.73. The highest BCUT2D eigenvalue weighted by atomic mass is 19.4. The lowest BCUT2D eigenvalue weighted by atomic mass is 10.1. The van der Waals surface area contributed by atoms with E-state index < -0.39 is 17.8 Å². The third-order valence-corrected chi connectivity index (χ3v) is 4.40. The number of hydrogen-bond donors (Lipinski definition) is 0. The normalized spacial score (nSPS) is 12.0. The third-order valence-electron chi connectivity index (χ3n) is 4.40. The maximum atomic E-state index is 14.1. The number of fused-ring (bicyclic) bond motifs is 1. The van der Waals surface area contributed by atoms with Gasteiger partial charge in [0.15, 0.2) is 17.3 Å². The van der Waals surface area contributed by atoms with Gasteiger partial charge in [-0.1, -0.05) is 13.3 Å². The van der Waals surface area contributed by atoms with Crippen LogP contribution in [0, 0.1) is 5.82 Å². The van der Waals surface area contributed by atoms with E-state index in [0.29, 0.717) is 29.9 Å². The van der Waals surface area contributed by atoms with Gasteiger partial charge >= 0.3 is 6.18 Å². The number of aromatic nitrogens is 7. The summed E-state index contributed by atoms with van der Waals surface area (Å²) in [6.07, 6.45) is 2.15. The summed E-state index contributed by atoms with van der Waals surface area (Å²) in [7, 11) is 0. The average Bonchev–Trinajstić information content (AvgIpc) is 3.31. The van der Waals surface area contributed by atoms with Gasteiger partial charge in [0.1, 0.15) is 12.0 Å². The van der Waals surface area contributed by atoms with Crippen LogP contribution in [0.2, 0.25) is 0 Å². The highest BCUT2D eigenvalue weighted by Gasteiger charge is 2.37. The van der Waals surface area contributed by atoms with Gasteiger partial charge in [-0.2, -0.15) is 13.2 Å². The highest BCUT2D eigenvalue weighted by Crippen LogP contribution is 2.29. The maximum absolute atomic E-state index is 14.1. The zero-order valence-corrected chi connectivity index (χ0v) is 15.2. The fourth-order valence-corrected chi connectivity index (χ4v) is 3.14. The van der Waals surface area contributed by atoms with E-state index in [0.717, 1.165) is 10.7 Å². The van der Waals surface area contributed by atoms with Gasteiger partial charge in [-0.15, -0.1) is 10.2 Å². The number of pyridine rings is 1. The lowest BCUT2D eigenvalue weighted by Crippen LogP contribution is -2.13. The number of nitrogens with zero attached hydrogens (tertiary/aromatic N) is 7. The fourth-order valence-electron chi connectivity index (χ4n) is 3.14. The fraction of sp³-hybridized carbons (Fsp3) is 0.278. The first kappa shape index (κ1) is 19.0. The predicted octanol–water partition coefficient (Wildman–Crippen LogP) is 3.54. The molecule has 29 heavy (non-hydrogen) atoms. The molecule has 0 atom stereocenters. The summed E-state index contributed by atoms with van der Waals surface area (Å²) >= 11 is 0. The molecule has 0 unspecified atom stereocenters. The molecule has 150 valence electrons. The topological polar surface area (TPSA) is 73.8 Å². The van der Waals surface area contributed by atoms with Crippen LogP contribution in [0.1, 0.15) is 30.4 Å². The Morgan fingerprint density at radius 1 is 1.07 bits per heavy atom. The molecule has 0 bridgehead atoms. The number of rotatable bonds is 5. The van der Waals surface area contributed by atoms with Crippen LogP contribution in [0.5, 0.6) is 0 Å². The minimum atomic E-state index is -4.64. The van der Waals surface area contributed by atoms with Gasteiger partial charge in [-0.25, -0.2) is 19.3 Å². The summed E-state index contributed by atoms with van der Waals surface area (Å²) < 4.78 is 56.1. The van der Waals surface area contributed by atoms with Crippen molar-refractivity contribution in [3.05, 3.63) is 59.9 Å². The van der Waals surface area contributed by atoms with Crippen molar-refractivity contribution in [1.82, 2.24) is 34.1 Å². The van der Waals surface area contributed by atoms with Gasteiger partial charge in [-0.05, 0) is 18.6 Å². The van der Waals surface area contributed by atoms with E-state index in [1.807, 2.05) is 6.92 Å². The van der Waals surface area contributed by atoms with E-state index in [-0.39, 0.29) is 17.9 Å². The minimum Gasteiger partial charge on any atom is -0.324 e. The van der Waals surface area contributed by atoms with Crippen molar-refractivity contribution in [2.45, 2.75) is 32.5 Å². The summed E-state index contributed by atoms with van der Waals surface area (Å²) in [5, 5.41) is 7.04. The van der Waals surface area contributed by atoms with Crippen LogP contribution in [-0.2, 0) is 19.1 Å². The molecule has 0 saturated carbocycles. The summed E-state index contributed by atoms with van der Waals surface area (Å²) in [6, 6.07) is 2.76. The van der Waals surface area contributed by atoms with Crippen LogP contribution in [-0.4, -0.2) is 34.1 Å². The van der Waals surface area contributed by atoms with Crippen LogP contribution in [0.15, 0.2) is 37.1 Å². The zero-order chi connectivity index (χ0) is 20.6. The van der Waals surface area contributed by atoms with Crippen LogP contribution >= 0.6 is 0 Å². The van der Waals surface area contributed by atoms with Crippen molar-refractivity contribution in [2.75, 3.05) is 0 Å². The molecule has 0 aliphatic heterocycles. The summed E-state index contributed by atoms with van der Waals surface area (Å²) in [4.78, 5) is 12.4. The quantitative estimate of drug-likeness (QED) is 0.475. The number of hydrogen-bond acceptors (Lipinski definition) is 5. The van der Waals surface area contributed by atoms with E-state index in [2.05, 4.69) is 25.1 Å². The standard InChI is InChI=1S/C18H15F4N7/c1-2-4-11-13(25-10-29-15(11)26-27-17(29)18(20,21)22)9-28-8-7-24-16(28)14-12(19)5-3-6-23-14/h3,5-8,10H,2,4,9H2,1H3. The molecule has 0 radical (unpaired) electrons. The molecule has 0 spiro atoms. The second-order valence-corrected chi connectivity index (χ2v) is 6.35. The second-order valence-electron chi connectivity index (χ2n) is 6.35. The maximum Gasteiger partial charge on any atom is 0.452 e. The Balaban J connectivity index is 1.79. The minimum absolute atomic E-state index is 0.0810. The van der Waals surface area contributed by atoms with Crippen molar-refractivity contribution in [3.63, 3.8) is 0 Å². The van der Waals surface area contributed by atoms with Crippen molar-refractivity contribution in [2.24, 2.45) is 0 Å². The van der Waals surface area contributed by atoms with Crippen LogP contribution < -0.4 is 0 Å². The average molecular weight is 405 g/mol. The molecule has 4 heterocycles. The van der Waals surface area contributed by atoms with E-state index in [1.165, 1.54) is 24.5 Å². The van der Waals surface area contributed by atoms with Gasteiger partial charge in [0, 0.05) is 24.2 Å². The van der Waals surface area contributed by atoms with Crippen LogP contribution in [0.3, 0.4) is 0 Å². The zero-order valence-electron chi connectivity index (χ0n) is 15.2. The first-order valence-electron chi connectivity index (χ1n) is 8.80. The van der Waals surface area contributed by atoms with Gasteiger partial charge in [-0.3, -0.25) is 4.40 Å². The van der Waals surface area contributed by atoms with Gasteiger partial charge in [0.05, 0.1) is 12.2 Å². The summed E-state index contributed by atoms with van der Waals surface area (Å²) in [5.74, 6) is -1.35. The monoisotopic (exact) mass is 405 g/mol. The molecule has 4 rings (SSSR count). The Morgan fingerprint density at radius 2 is 1.90 bits per heavy atom. The number of alkyl halides is 3. The summed E-state index contributed by atoms with van der Waals surface area (Å²) in [6.45, 7) is 2.08. The summed E-state index contributed by atoms with van der Waals surface area (Å²) in [5.41, 5.74) is 1.25. The number of aryl methyl sites for hydroxylation is 1. The van der Waals surface area contributed by atoms with Crippen LogP contribution in [0.4, 0.5) is 17.6 Å². The Labute approximate surface area is 162 Å². The molecule has 4 aromatic rings. The van der Waals surface area contributed by atoms with Crippen molar-refractivity contribution >= 4 is 5.65 Å². The smallest absolute Gasteiger partial charge is 0.324 e. The molecule has 11 heteroatoms. The molecule has 0 amide bonds. The van der Waals surface area contributed by atoms with E-state index in [1.54, 1.807) is 10.8 Å². The van der Waals surface area contributed by atoms with Crippen molar-refractivity contribution in [3.8, 4) is 11.5 Å². The lowest BCUT2D eigenvalue weighted by molar-refractivity contribution is -0.145. The lowest BCUT2D eigenvalue weighted by Gasteiger charge is -2.13. The molecule has 0 aliphatic rings. The largest absolute Gasteiger partial charge is 0.452 e. The molecular formula is C18H15F4N7.